The Morgan fingerprint density at radius 2 is 2.11 bits per heavy atom. The van der Waals surface area contributed by atoms with Crippen LogP contribution in [0.1, 0.15) is 34.8 Å². The summed E-state index contributed by atoms with van der Waals surface area (Å²) in [5, 5.41) is 4.18. The zero-order valence-electron chi connectivity index (χ0n) is 10.8. The van der Waals surface area contributed by atoms with Crippen molar-refractivity contribution < 1.29 is 4.74 Å². The van der Waals surface area contributed by atoms with E-state index in [0.29, 0.717) is 6.61 Å². The van der Waals surface area contributed by atoms with E-state index < -0.39 is 0 Å². The monoisotopic (exact) mass is 281 g/mol. The van der Waals surface area contributed by atoms with Gasteiger partial charge in [0.1, 0.15) is 6.10 Å². The van der Waals surface area contributed by atoms with Crippen LogP contribution < -0.4 is 5.73 Å². The van der Waals surface area contributed by atoms with Crippen LogP contribution in [0.15, 0.2) is 29.0 Å². The third-order valence-electron chi connectivity index (χ3n) is 3.01. The zero-order chi connectivity index (χ0) is 13.0. The lowest BCUT2D eigenvalue weighted by atomic mass is 10.1. The molecule has 2 N–H and O–H groups in total. The van der Waals surface area contributed by atoms with Crippen LogP contribution >= 0.6 is 22.7 Å². The van der Waals surface area contributed by atoms with Gasteiger partial charge >= 0.3 is 0 Å². The molecule has 4 heteroatoms. The highest BCUT2D eigenvalue weighted by molar-refractivity contribution is 7.10. The standard InChI is InChI=1S/C14H19NOS2/c1-3-12(15)13(14-10(2)6-8-18-14)16-9-11-5-4-7-17-11/h4-8,12-13H,3,9,15H2,1-2H3. The normalized spacial score (nSPS) is 14.6. The molecule has 0 aromatic carbocycles. The number of rotatable bonds is 6. The van der Waals surface area contributed by atoms with Crippen molar-refractivity contribution >= 4 is 22.7 Å². The molecule has 18 heavy (non-hydrogen) atoms. The molecule has 0 amide bonds. The SMILES string of the molecule is CCC(N)C(OCc1cccs1)c1sccc1C. The number of ether oxygens (including phenoxy) is 1. The maximum absolute atomic E-state index is 6.20. The molecule has 0 saturated heterocycles. The molecule has 0 aliphatic heterocycles. The van der Waals surface area contributed by atoms with Crippen LogP contribution in [-0.4, -0.2) is 6.04 Å². The largest absolute Gasteiger partial charge is 0.366 e. The predicted molar refractivity (Wildman–Crippen MR) is 79.2 cm³/mol. The lowest BCUT2D eigenvalue weighted by Crippen LogP contribution is -2.29. The topological polar surface area (TPSA) is 35.2 Å². The van der Waals surface area contributed by atoms with E-state index in [-0.39, 0.29) is 12.1 Å². The van der Waals surface area contributed by atoms with Gasteiger partial charge in [-0.2, -0.15) is 0 Å². The van der Waals surface area contributed by atoms with E-state index in [0.717, 1.165) is 6.42 Å². The van der Waals surface area contributed by atoms with Gasteiger partial charge in [-0.3, -0.25) is 0 Å². The van der Waals surface area contributed by atoms with Crippen molar-refractivity contribution in [3.8, 4) is 0 Å². The van der Waals surface area contributed by atoms with Crippen LogP contribution in [0.2, 0.25) is 0 Å². The van der Waals surface area contributed by atoms with Crippen molar-refractivity contribution in [2.24, 2.45) is 5.73 Å². The summed E-state index contributed by atoms with van der Waals surface area (Å²) < 4.78 is 6.06. The number of thiophene rings is 2. The Kier molecular flexibility index (Phi) is 4.95. The van der Waals surface area contributed by atoms with Gasteiger partial charge in [-0.1, -0.05) is 13.0 Å². The van der Waals surface area contributed by atoms with Gasteiger partial charge in [-0.05, 0) is 41.8 Å². The Balaban J connectivity index is 2.08. The minimum absolute atomic E-state index is 0.0112. The van der Waals surface area contributed by atoms with Gasteiger partial charge < -0.3 is 10.5 Å². The molecule has 2 heterocycles. The van der Waals surface area contributed by atoms with E-state index in [1.54, 1.807) is 22.7 Å². The van der Waals surface area contributed by atoms with E-state index in [1.807, 2.05) is 0 Å². The van der Waals surface area contributed by atoms with Crippen molar-refractivity contribution in [1.82, 2.24) is 0 Å². The molecule has 0 aliphatic carbocycles. The molecule has 0 bridgehead atoms. The number of nitrogens with two attached hydrogens (primary N) is 1. The second kappa shape index (κ2) is 6.48. The van der Waals surface area contributed by atoms with Gasteiger partial charge in [-0.25, -0.2) is 0 Å². The average Bonchev–Trinajstić information content (AvgIpc) is 3.01. The first-order chi connectivity index (χ1) is 8.72. The molecular weight excluding hydrogens is 262 g/mol. The van der Waals surface area contributed by atoms with Crippen LogP contribution in [0.3, 0.4) is 0 Å². The average molecular weight is 281 g/mol. The van der Waals surface area contributed by atoms with Crippen molar-refractivity contribution in [1.29, 1.82) is 0 Å². The second-order valence-corrected chi connectivity index (χ2v) is 6.33. The van der Waals surface area contributed by atoms with Crippen LogP contribution in [0.25, 0.3) is 0 Å². The van der Waals surface area contributed by atoms with Crippen LogP contribution in [0.5, 0.6) is 0 Å². The first-order valence-electron chi connectivity index (χ1n) is 6.16. The summed E-state index contributed by atoms with van der Waals surface area (Å²) in [6.45, 7) is 4.87. The number of aryl methyl sites for hydroxylation is 1. The fourth-order valence-corrected chi connectivity index (χ4v) is 3.53. The second-order valence-electron chi connectivity index (χ2n) is 4.35. The molecule has 0 aliphatic rings. The molecule has 0 saturated carbocycles. The molecule has 98 valence electrons. The molecule has 2 rings (SSSR count). The summed E-state index contributed by atoms with van der Waals surface area (Å²) in [5.41, 5.74) is 7.48. The molecule has 2 aromatic heterocycles. The maximum atomic E-state index is 6.20. The minimum Gasteiger partial charge on any atom is -0.366 e. The molecule has 0 fully saturated rings. The van der Waals surface area contributed by atoms with Crippen LogP contribution in [0.4, 0.5) is 0 Å². The minimum atomic E-state index is 0.0112. The third kappa shape index (κ3) is 3.20. The van der Waals surface area contributed by atoms with E-state index >= 15 is 0 Å². The van der Waals surface area contributed by atoms with E-state index in [4.69, 9.17) is 10.5 Å². The van der Waals surface area contributed by atoms with Crippen molar-refractivity contribution in [2.45, 2.75) is 39.0 Å². The van der Waals surface area contributed by atoms with Crippen LogP contribution in [-0.2, 0) is 11.3 Å². The lowest BCUT2D eigenvalue weighted by molar-refractivity contribution is 0.0247. The van der Waals surface area contributed by atoms with Crippen molar-refractivity contribution in [2.75, 3.05) is 0 Å². The van der Waals surface area contributed by atoms with Gasteiger partial charge in [0.05, 0.1) is 6.61 Å². The number of hydrogen-bond acceptors (Lipinski definition) is 4. The molecule has 2 atom stereocenters. The smallest absolute Gasteiger partial charge is 0.107 e. The Morgan fingerprint density at radius 3 is 2.67 bits per heavy atom. The van der Waals surface area contributed by atoms with E-state index in [1.165, 1.54) is 15.3 Å². The van der Waals surface area contributed by atoms with Gasteiger partial charge in [0, 0.05) is 15.8 Å². The fraction of sp³-hybridized carbons (Fsp3) is 0.429. The Bertz CT molecular complexity index is 464. The first kappa shape index (κ1) is 13.7. The summed E-state index contributed by atoms with van der Waals surface area (Å²) in [6.07, 6.45) is 0.934. The molecule has 0 spiro atoms. The van der Waals surface area contributed by atoms with Gasteiger partial charge in [0.2, 0.25) is 0 Å². The number of hydrogen-bond donors (Lipinski definition) is 1. The predicted octanol–water partition coefficient (Wildman–Crippen LogP) is 4.11. The van der Waals surface area contributed by atoms with E-state index in [2.05, 4.69) is 42.8 Å². The highest BCUT2D eigenvalue weighted by Gasteiger charge is 2.22. The highest BCUT2D eigenvalue weighted by atomic mass is 32.1. The Labute approximate surface area is 116 Å². The van der Waals surface area contributed by atoms with Crippen molar-refractivity contribution in [3.63, 3.8) is 0 Å². The molecule has 2 unspecified atom stereocenters. The summed E-state index contributed by atoms with van der Waals surface area (Å²) in [4.78, 5) is 2.51. The molecule has 2 nitrogen and oxygen atoms in total. The molecule has 0 radical (unpaired) electrons. The quantitative estimate of drug-likeness (QED) is 0.864. The van der Waals surface area contributed by atoms with Crippen molar-refractivity contribution in [3.05, 3.63) is 44.3 Å². The summed E-state index contributed by atoms with van der Waals surface area (Å²) >= 11 is 3.46. The summed E-state index contributed by atoms with van der Waals surface area (Å²) in [5.74, 6) is 0. The molecule has 2 aromatic rings. The third-order valence-corrected chi connectivity index (χ3v) is 4.94. The maximum Gasteiger partial charge on any atom is 0.107 e. The summed E-state index contributed by atoms with van der Waals surface area (Å²) in [7, 11) is 0. The molecular formula is C14H19NOS2. The first-order valence-corrected chi connectivity index (χ1v) is 7.91. The zero-order valence-corrected chi connectivity index (χ0v) is 12.4. The van der Waals surface area contributed by atoms with Crippen LogP contribution in [0, 0.1) is 6.92 Å². The Hall–Kier alpha value is -0.680. The Morgan fingerprint density at radius 1 is 1.28 bits per heavy atom. The van der Waals surface area contributed by atoms with Gasteiger partial charge in [0.25, 0.3) is 0 Å². The highest BCUT2D eigenvalue weighted by Crippen LogP contribution is 2.31. The fourth-order valence-electron chi connectivity index (χ4n) is 1.85. The van der Waals surface area contributed by atoms with Gasteiger partial charge in [0.15, 0.2) is 0 Å². The van der Waals surface area contributed by atoms with Gasteiger partial charge in [-0.15, -0.1) is 22.7 Å². The van der Waals surface area contributed by atoms with E-state index in [9.17, 15) is 0 Å². The lowest BCUT2D eigenvalue weighted by Gasteiger charge is -2.23. The summed E-state index contributed by atoms with van der Waals surface area (Å²) in [6, 6.07) is 6.33.